The number of nitrogens with one attached hydrogen (secondary N) is 1. The van der Waals surface area contributed by atoms with Gasteiger partial charge in [-0.15, -0.1) is 0 Å². The highest BCUT2D eigenvalue weighted by Gasteiger charge is 2.19. The average molecular weight is 223 g/mol. The molecule has 1 aliphatic rings. The number of carbonyl (C=O) groups is 1. The summed E-state index contributed by atoms with van der Waals surface area (Å²) in [5, 5.41) is 12.0. The molecule has 0 spiro atoms. The summed E-state index contributed by atoms with van der Waals surface area (Å²) in [6.07, 6.45) is 2.82. The maximum atomic E-state index is 11.9. The topological polar surface area (TPSA) is 56.1 Å². The minimum Gasteiger partial charge on any atom is -0.344 e. The lowest BCUT2D eigenvalue weighted by atomic mass is 9.94. The van der Waals surface area contributed by atoms with Gasteiger partial charge in [0.1, 0.15) is 0 Å². The van der Waals surface area contributed by atoms with Gasteiger partial charge in [-0.25, -0.2) is 0 Å². The minimum absolute atomic E-state index is 0.0815. The Morgan fingerprint density at radius 1 is 1.56 bits per heavy atom. The largest absolute Gasteiger partial charge is 0.344 e. The summed E-state index contributed by atoms with van der Waals surface area (Å²) >= 11 is 0. The van der Waals surface area contributed by atoms with E-state index in [2.05, 4.69) is 11.4 Å². The van der Waals surface area contributed by atoms with Gasteiger partial charge >= 0.3 is 0 Å². The molecule has 0 aromatic carbocycles. The maximum absolute atomic E-state index is 11.9. The van der Waals surface area contributed by atoms with Crippen molar-refractivity contribution in [2.45, 2.75) is 26.2 Å². The van der Waals surface area contributed by atoms with Crippen molar-refractivity contribution in [1.29, 1.82) is 5.26 Å². The highest BCUT2D eigenvalue weighted by Crippen LogP contribution is 2.17. The van der Waals surface area contributed by atoms with Crippen molar-refractivity contribution in [2.75, 3.05) is 26.7 Å². The van der Waals surface area contributed by atoms with Gasteiger partial charge in [0.15, 0.2) is 0 Å². The van der Waals surface area contributed by atoms with Gasteiger partial charge in [0.2, 0.25) is 5.91 Å². The number of nitrogens with zero attached hydrogens (tertiary/aromatic N) is 2. The Hall–Kier alpha value is -1.08. The molecule has 4 heteroatoms. The van der Waals surface area contributed by atoms with Crippen LogP contribution in [0, 0.1) is 23.2 Å². The average Bonchev–Trinajstić information content (AvgIpc) is 2.30. The van der Waals surface area contributed by atoms with Gasteiger partial charge in [-0.2, -0.15) is 5.26 Å². The predicted molar refractivity (Wildman–Crippen MR) is 62.6 cm³/mol. The minimum atomic E-state index is -0.0815. The van der Waals surface area contributed by atoms with Gasteiger partial charge in [0.25, 0.3) is 0 Å². The summed E-state index contributed by atoms with van der Waals surface area (Å²) in [7, 11) is 1.79. The van der Waals surface area contributed by atoms with Crippen molar-refractivity contribution in [1.82, 2.24) is 10.2 Å². The molecule has 1 unspecified atom stereocenters. The van der Waals surface area contributed by atoms with Gasteiger partial charge in [-0.3, -0.25) is 4.79 Å². The van der Waals surface area contributed by atoms with Crippen LogP contribution in [0.2, 0.25) is 0 Å². The normalized spacial score (nSPS) is 18.8. The van der Waals surface area contributed by atoms with Crippen LogP contribution in [-0.4, -0.2) is 37.5 Å². The zero-order valence-corrected chi connectivity index (χ0v) is 10.2. The SMILES string of the molecule is CC(C#N)CN(C)C(=O)CC1CCNCC1. The summed E-state index contributed by atoms with van der Waals surface area (Å²) in [6.45, 7) is 4.43. The molecule has 0 aliphatic carbocycles. The zero-order chi connectivity index (χ0) is 12.0. The monoisotopic (exact) mass is 223 g/mol. The number of amides is 1. The first-order valence-corrected chi connectivity index (χ1v) is 5.97. The molecule has 4 nitrogen and oxygen atoms in total. The van der Waals surface area contributed by atoms with E-state index in [4.69, 9.17) is 5.26 Å². The fourth-order valence-corrected chi connectivity index (χ4v) is 2.04. The van der Waals surface area contributed by atoms with E-state index in [0.29, 0.717) is 18.9 Å². The first kappa shape index (κ1) is 13.0. The standard InChI is InChI=1S/C12H21N3O/c1-10(8-13)9-15(2)12(16)7-11-3-5-14-6-4-11/h10-11,14H,3-7,9H2,1-2H3. The highest BCUT2D eigenvalue weighted by molar-refractivity contribution is 5.76. The van der Waals surface area contributed by atoms with E-state index in [1.807, 2.05) is 6.92 Å². The van der Waals surface area contributed by atoms with Gasteiger partial charge in [-0.1, -0.05) is 0 Å². The maximum Gasteiger partial charge on any atom is 0.222 e. The molecule has 1 aliphatic heterocycles. The number of nitriles is 1. The lowest BCUT2D eigenvalue weighted by Crippen LogP contribution is -2.35. The molecule has 1 heterocycles. The molecule has 16 heavy (non-hydrogen) atoms. The van der Waals surface area contributed by atoms with Crippen molar-refractivity contribution in [3.63, 3.8) is 0 Å². The Kier molecular flexibility index (Phi) is 5.27. The number of carbonyl (C=O) groups excluding carboxylic acids is 1. The third-order valence-electron chi connectivity index (χ3n) is 3.12. The first-order chi connectivity index (χ1) is 7.63. The molecule has 90 valence electrons. The second-order valence-electron chi connectivity index (χ2n) is 4.70. The van der Waals surface area contributed by atoms with E-state index in [-0.39, 0.29) is 11.8 Å². The molecule has 0 saturated carbocycles. The molecule has 1 atom stereocenters. The fraction of sp³-hybridized carbons (Fsp3) is 0.833. The summed E-state index contributed by atoms with van der Waals surface area (Å²) in [6, 6.07) is 2.15. The third kappa shape index (κ3) is 4.19. The van der Waals surface area contributed by atoms with E-state index < -0.39 is 0 Å². The molecule has 0 aromatic heterocycles. The van der Waals surface area contributed by atoms with Crippen LogP contribution in [0.5, 0.6) is 0 Å². The summed E-state index contributed by atoms with van der Waals surface area (Å²) < 4.78 is 0. The van der Waals surface area contributed by atoms with Crippen molar-refractivity contribution in [3.05, 3.63) is 0 Å². The van der Waals surface area contributed by atoms with Crippen molar-refractivity contribution >= 4 is 5.91 Å². The fourth-order valence-electron chi connectivity index (χ4n) is 2.04. The molecule has 1 N–H and O–H groups in total. The Balaban J connectivity index is 2.30. The molecule has 0 bridgehead atoms. The van der Waals surface area contributed by atoms with Crippen LogP contribution in [0.15, 0.2) is 0 Å². The molecule has 0 aromatic rings. The second kappa shape index (κ2) is 6.49. The van der Waals surface area contributed by atoms with Crippen LogP contribution < -0.4 is 5.32 Å². The highest BCUT2D eigenvalue weighted by atomic mass is 16.2. The smallest absolute Gasteiger partial charge is 0.222 e. The molecule has 1 amide bonds. The lowest BCUT2D eigenvalue weighted by Gasteiger charge is -2.25. The van der Waals surface area contributed by atoms with E-state index in [1.165, 1.54) is 0 Å². The van der Waals surface area contributed by atoms with Gasteiger partial charge in [0.05, 0.1) is 12.0 Å². The summed E-state index contributed by atoms with van der Waals surface area (Å²) in [4.78, 5) is 13.5. The summed E-state index contributed by atoms with van der Waals surface area (Å²) in [5.41, 5.74) is 0. The van der Waals surface area contributed by atoms with Gasteiger partial charge in [0, 0.05) is 20.0 Å². The number of rotatable bonds is 4. The molecule has 1 rings (SSSR count). The molecule has 1 saturated heterocycles. The van der Waals surface area contributed by atoms with E-state index in [0.717, 1.165) is 25.9 Å². The van der Waals surface area contributed by atoms with E-state index in [1.54, 1.807) is 11.9 Å². The van der Waals surface area contributed by atoms with Crippen LogP contribution in [0.25, 0.3) is 0 Å². The Morgan fingerprint density at radius 2 is 2.19 bits per heavy atom. The van der Waals surface area contributed by atoms with Crippen LogP contribution in [0.4, 0.5) is 0 Å². The molecular formula is C12H21N3O. The zero-order valence-electron chi connectivity index (χ0n) is 10.2. The first-order valence-electron chi connectivity index (χ1n) is 5.97. The number of hydrogen-bond donors (Lipinski definition) is 1. The molecular weight excluding hydrogens is 202 g/mol. The molecule has 0 radical (unpaired) electrons. The Morgan fingerprint density at radius 3 is 2.75 bits per heavy atom. The van der Waals surface area contributed by atoms with Crippen LogP contribution in [0.3, 0.4) is 0 Å². The number of piperidine rings is 1. The van der Waals surface area contributed by atoms with Gasteiger partial charge in [-0.05, 0) is 38.8 Å². The number of hydrogen-bond acceptors (Lipinski definition) is 3. The van der Waals surface area contributed by atoms with E-state index >= 15 is 0 Å². The van der Waals surface area contributed by atoms with Crippen LogP contribution in [0.1, 0.15) is 26.2 Å². The second-order valence-corrected chi connectivity index (χ2v) is 4.70. The quantitative estimate of drug-likeness (QED) is 0.773. The van der Waals surface area contributed by atoms with Crippen molar-refractivity contribution < 1.29 is 4.79 Å². The Labute approximate surface area is 97.6 Å². The lowest BCUT2D eigenvalue weighted by molar-refractivity contribution is -0.131. The van der Waals surface area contributed by atoms with Crippen molar-refractivity contribution in [2.24, 2.45) is 11.8 Å². The van der Waals surface area contributed by atoms with Crippen molar-refractivity contribution in [3.8, 4) is 6.07 Å². The third-order valence-corrected chi connectivity index (χ3v) is 3.12. The van der Waals surface area contributed by atoms with E-state index in [9.17, 15) is 4.79 Å². The van der Waals surface area contributed by atoms with Crippen LogP contribution in [-0.2, 0) is 4.79 Å². The predicted octanol–water partition coefficient (Wildman–Crippen LogP) is 0.994. The Bertz CT molecular complexity index is 266. The van der Waals surface area contributed by atoms with Gasteiger partial charge < -0.3 is 10.2 Å². The molecule has 1 fully saturated rings. The van der Waals surface area contributed by atoms with Crippen LogP contribution >= 0.6 is 0 Å². The summed E-state index contributed by atoms with van der Waals surface area (Å²) in [5.74, 6) is 0.615.